The topological polar surface area (TPSA) is 37.4 Å². The average Bonchev–Trinajstić information content (AvgIpc) is 2.80. The third kappa shape index (κ3) is 2.95. The van der Waals surface area contributed by atoms with E-state index in [1.54, 1.807) is 37.0 Å². The Hall–Kier alpha value is 0.440. The monoisotopic (exact) mass is 413 g/mol. The van der Waals surface area contributed by atoms with Crippen molar-refractivity contribution in [1.82, 2.24) is 4.31 Å². The largest absolute Gasteiger partial charge is 0.244 e. The first kappa shape index (κ1) is 14.8. The van der Waals surface area contributed by atoms with Crippen LogP contribution in [0.3, 0.4) is 0 Å². The van der Waals surface area contributed by atoms with Crippen LogP contribution in [-0.4, -0.2) is 37.3 Å². The van der Waals surface area contributed by atoms with E-state index < -0.39 is 10.0 Å². The van der Waals surface area contributed by atoms with E-state index in [4.69, 9.17) is 0 Å². The highest BCUT2D eigenvalue weighted by Gasteiger charge is 2.31. The Morgan fingerprint density at radius 1 is 1.39 bits per heavy atom. The van der Waals surface area contributed by atoms with E-state index >= 15 is 0 Å². The Kier molecular flexibility index (Phi) is 4.80. The molecule has 1 saturated heterocycles. The summed E-state index contributed by atoms with van der Waals surface area (Å²) in [6.45, 7) is 0. The van der Waals surface area contributed by atoms with Gasteiger partial charge in [-0.15, -0.1) is 0 Å². The molecule has 1 heterocycles. The van der Waals surface area contributed by atoms with Gasteiger partial charge in [0.2, 0.25) is 10.0 Å². The number of sulfonamides is 1. The van der Waals surface area contributed by atoms with E-state index in [9.17, 15) is 8.42 Å². The van der Waals surface area contributed by atoms with Gasteiger partial charge >= 0.3 is 0 Å². The molecule has 0 N–H and O–H groups in total. The van der Waals surface area contributed by atoms with Crippen molar-refractivity contribution in [2.75, 3.05) is 18.6 Å². The maximum absolute atomic E-state index is 12.5. The molecule has 2 rings (SSSR count). The van der Waals surface area contributed by atoms with Gasteiger partial charge in [0.25, 0.3) is 0 Å². The van der Waals surface area contributed by atoms with Crippen molar-refractivity contribution in [1.29, 1.82) is 0 Å². The minimum absolute atomic E-state index is 0.107. The molecule has 0 spiro atoms. The molecule has 1 aliphatic rings. The summed E-state index contributed by atoms with van der Waals surface area (Å²) in [6, 6.07) is 5.23. The first-order valence-corrected chi connectivity index (χ1v) is 9.62. The lowest BCUT2D eigenvalue weighted by molar-refractivity contribution is 0.394. The van der Waals surface area contributed by atoms with Gasteiger partial charge in [0, 0.05) is 27.8 Å². The lowest BCUT2D eigenvalue weighted by atomic mass is 10.3. The molecule has 1 aliphatic heterocycles. The Balaban J connectivity index is 2.35. The molecule has 1 aromatic rings. The molecule has 3 nitrogen and oxygen atoms in total. The molecule has 1 fully saturated rings. The van der Waals surface area contributed by atoms with Crippen molar-refractivity contribution in [2.45, 2.75) is 17.4 Å². The highest BCUT2D eigenvalue weighted by Crippen LogP contribution is 2.31. The number of thioether (sulfide) groups is 1. The summed E-state index contributed by atoms with van der Waals surface area (Å²) in [4.78, 5) is 0.324. The van der Waals surface area contributed by atoms with Crippen LogP contribution in [0.15, 0.2) is 32.0 Å². The van der Waals surface area contributed by atoms with Gasteiger partial charge in [0.05, 0.1) is 4.90 Å². The average molecular weight is 415 g/mol. The van der Waals surface area contributed by atoms with E-state index in [1.165, 1.54) is 4.31 Å². The van der Waals surface area contributed by atoms with Crippen LogP contribution in [0.5, 0.6) is 0 Å². The van der Waals surface area contributed by atoms with Crippen LogP contribution in [0.1, 0.15) is 6.42 Å². The quantitative estimate of drug-likeness (QED) is 0.761. The summed E-state index contributed by atoms with van der Waals surface area (Å²) < 4.78 is 28.0. The van der Waals surface area contributed by atoms with E-state index in [-0.39, 0.29) is 6.04 Å². The normalized spacial score (nSPS) is 20.6. The fourth-order valence-electron chi connectivity index (χ4n) is 1.84. The van der Waals surface area contributed by atoms with E-state index in [2.05, 4.69) is 31.9 Å². The van der Waals surface area contributed by atoms with Gasteiger partial charge in [0.15, 0.2) is 0 Å². The second-order valence-electron chi connectivity index (χ2n) is 4.11. The van der Waals surface area contributed by atoms with Crippen LogP contribution in [0.2, 0.25) is 0 Å². The standard InChI is InChI=1S/C11H13Br2NO2S2/c1-14(9-4-5-17-7-9)18(15,16)11-3-2-8(12)6-10(11)13/h2-3,6,9H,4-5,7H2,1H3. The molecular weight excluding hydrogens is 402 g/mol. The molecule has 0 saturated carbocycles. The molecule has 0 aromatic heterocycles. The maximum Gasteiger partial charge on any atom is 0.244 e. The molecule has 1 unspecified atom stereocenters. The van der Waals surface area contributed by atoms with Crippen LogP contribution in [0.4, 0.5) is 0 Å². The zero-order chi connectivity index (χ0) is 13.3. The maximum atomic E-state index is 12.5. The molecule has 0 radical (unpaired) electrons. The second-order valence-corrected chi connectivity index (χ2v) is 9.00. The smallest absolute Gasteiger partial charge is 0.207 e. The summed E-state index contributed by atoms with van der Waals surface area (Å²) in [5.74, 6) is 1.91. The SMILES string of the molecule is CN(C1CCSC1)S(=O)(=O)c1ccc(Br)cc1Br. The fraction of sp³-hybridized carbons (Fsp3) is 0.455. The zero-order valence-corrected chi connectivity index (χ0v) is 14.6. The van der Waals surface area contributed by atoms with Crippen LogP contribution in [0, 0.1) is 0 Å². The van der Waals surface area contributed by atoms with Gasteiger partial charge in [0.1, 0.15) is 0 Å². The zero-order valence-electron chi connectivity index (χ0n) is 9.77. The summed E-state index contributed by atoms with van der Waals surface area (Å²) in [7, 11) is -1.75. The molecule has 18 heavy (non-hydrogen) atoms. The lowest BCUT2D eigenvalue weighted by Gasteiger charge is -2.23. The molecule has 0 bridgehead atoms. The van der Waals surface area contributed by atoms with Crippen LogP contribution < -0.4 is 0 Å². The molecule has 1 aromatic carbocycles. The molecular formula is C11H13Br2NO2S2. The van der Waals surface area contributed by atoms with Gasteiger partial charge in [-0.3, -0.25) is 0 Å². The number of nitrogens with zero attached hydrogens (tertiary/aromatic N) is 1. The third-order valence-corrected chi connectivity index (χ3v) is 7.50. The number of halogens is 2. The number of rotatable bonds is 3. The Labute approximate surface area is 129 Å². The van der Waals surface area contributed by atoms with Crippen molar-refractivity contribution in [2.24, 2.45) is 0 Å². The summed E-state index contributed by atoms with van der Waals surface area (Å²) in [6.07, 6.45) is 0.925. The molecule has 100 valence electrons. The van der Waals surface area contributed by atoms with Crippen molar-refractivity contribution in [3.8, 4) is 0 Å². The van der Waals surface area contributed by atoms with E-state index in [0.29, 0.717) is 9.37 Å². The van der Waals surface area contributed by atoms with Gasteiger partial charge < -0.3 is 0 Å². The van der Waals surface area contributed by atoms with Gasteiger partial charge in [-0.25, -0.2) is 8.42 Å². The third-order valence-electron chi connectivity index (χ3n) is 2.97. The number of hydrogen-bond acceptors (Lipinski definition) is 3. The van der Waals surface area contributed by atoms with Crippen LogP contribution in [-0.2, 0) is 10.0 Å². The summed E-state index contributed by atoms with van der Waals surface area (Å²) >= 11 is 8.45. The molecule has 7 heteroatoms. The predicted octanol–water partition coefficient (Wildman–Crippen LogP) is 3.34. The fourth-order valence-corrected chi connectivity index (χ4v) is 6.30. The second kappa shape index (κ2) is 5.83. The Bertz CT molecular complexity index is 542. The Morgan fingerprint density at radius 3 is 2.67 bits per heavy atom. The number of benzene rings is 1. The van der Waals surface area contributed by atoms with Crippen LogP contribution >= 0.6 is 43.6 Å². The van der Waals surface area contributed by atoms with Crippen molar-refractivity contribution in [3.63, 3.8) is 0 Å². The minimum Gasteiger partial charge on any atom is -0.207 e. The van der Waals surface area contributed by atoms with Crippen LogP contribution in [0.25, 0.3) is 0 Å². The van der Waals surface area contributed by atoms with Crippen molar-refractivity contribution >= 4 is 53.6 Å². The molecule has 0 aliphatic carbocycles. The van der Waals surface area contributed by atoms with Gasteiger partial charge in [-0.05, 0) is 46.3 Å². The first-order chi connectivity index (χ1) is 8.43. The van der Waals surface area contributed by atoms with Gasteiger partial charge in [-0.2, -0.15) is 16.1 Å². The molecule has 0 amide bonds. The lowest BCUT2D eigenvalue weighted by Crippen LogP contribution is -2.37. The predicted molar refractivity (Wildman–Crippen MR) is 82.5 cm³/mol. The minimum atomic E-state index is -3.42. The van der Waals surface area contributed by atoms with E-state index in [0.717, 1.165) is 22.4 Å². The van der Waals surface area contributed by atoms with Crippen molar-refractivity contribution in [3.05, 3.63) is 27.1 Å². The Morgan fingerprint density at radius 2 is 2.11 bits per heavy atom. The summed E-state index contributed by atoms with van der Waals surface area (Å²) in [5, 5.41) is 0. The highest BCUT2D eigenvalue weighted by atomic mass is 79.9. The van der Waals surface area contributed by atoms with E-state index in [1.807, 2.05) is 0 Å². The van der Waals surface area contributed by atoms with Crippen molar-refractivity contribution < 1.29 is 8.42 Å². The van der Waals surface area contributed by atoms with Gasteiger partial charge in [-0.1, -0.05) is 15.9 Å². The number of hydrogen-bond donors (Lipinski definition) is 0. The summed E-state index contributed by atoms with van der Waals surface area (Å²) in [5.41, 5.74) is 0. The first-order valence-electron chi connectivity index (χ1n) is 5.44. The highest BCUT2D eigenvalue weighted by molar-refractivity contribution is 9.11. The molecule has 1 atom stereocenters.